The van der Waals surface area contributed by atoms with E-state index in [4.69, 9.17) is 5.73 Å². The lowest BCUT2D eigenvalue weighted by Gasteiger charge is -2.20. The van der Waals surface area contributed by atoms with Gasteiger partial charge in [0.1, 0.15) is 0 Å². The number of hydrogen-bond donors (Lipinski definition) is 1. The molecule has 2 aliphatic rings. The molecule has 0 unspecified atom stereocenters. The summed E-state index contributed by atoms with van der Waals surface area (Å²) in [6, 6.07) is 9.23. The predicted molar refractivity (Wildman–Crippen MR) is 49.1 cm³/mol. The lowest BCUT2D eigenvalue weighted by atomic mass is 9.89. The van der Waals surface area contributed by atoms with E-state index in [0.717, 1.165) is 5.92 Å². The SMILES string of the molecule is N[C@H]1C[C@H]2C[C@@H]1c1ccccc12. The molecule has 1 aromatic rings. The second kappa shape index (κ2) is 2.11. The smallest absolute Gasteiger partial charge is 0.0114 e. The van der Waals surface area contributed by atoms with E-state index in [9.17, 15) is 0 Å². The second-order valence-electron chi connectivity index (χ2n) is 4.07. The van der Waals surface area contributed by atoms with Crippen LogP contribution >= 0.6 is 0 Å². The number of benzene rings is 1. The number of fused-ring (bicyclic) bond motifs is 5. The van der Waals surface area contributed by atoms with E-state index in [1.807, 2.05) is 0 Å². The van der Waals surface area contributed by atoms with Gasteiger partial charge in [0, 0.05) is 6.04 Å². The van der Waals surface area contributed by atoms with Gasteiger partial charge in [-0.2, -0.15) is 0 Å². The minimum absolute atomic E-state index is 0.435. The van der Waals surface area contributed by atoms with Crippen molar-refractivity contribution in [1.29, 1.82) is 0 Å². The fourth-order valence-corrected chi connectivity index (χ4v) is 2.90. The maximum absolute atomic E-state index is 6.03. The molecule has 1 saturated carbocycles. The lowest BCUT2D eigenvalue weighted by Crippen LogP contribution is -2.25. The summed E-state index contributed by atoms with van der Waals surface area (Å²) in [7, 11) is 0. The van der Waals surface area contributed by atoms with Crippen molar-refractivity contribution < 1.29 is 0 Å². The van der Waals surface area contributed by atoms with Crippen LogP contribution in [0.4, 0.5) is 0 Å². The maximum atomic E-state index is 6.03. The number of hydrogen-bond acceptors (Lipinski definition) is 1. The summed E-state index contributed by atoms with van der Waals surface area (Å²) in [6.45, 7) is 0. The third-order valence-corrected chi connectivity index (χ3v) is 3.45. The van der Waals surface area contributed by atoms with Gasteiger partial charge in [-0.1, -0.05) is 24.3 Å². The molecule has 1 fully saturated rings. The monoisotopic (exact) mass is 159 g/mol. The Morgan fingerprint density at radius 2 is 1.83 bits per heavy atom. The van der Waals surface area contributed by atoms with Gasteiger partial charge in [0.15, 0.2) is 0 Å². The molecule has 1 heteroatoms. The van der Waals surface area contributed by atoms with Crippen LogP contribution in [-0.2, 0) is 0 Å². The molecule has 3 rings (SSSR count). The Kier molecular flexibility index (Phi) is 1.17. The van der Waals surface area contributed by atoms with Crippen LogP contribution in [0, 0.1) is 0 Å². The topological polar surface area (TPSA) is 26.0 Å². The van der Waals surface area contributed by atoms with E-state index in [0.29, 0.717) is 12.0 Å². The first kappa shape index (κ1) is 6.67. The minimum atomic E-state index is 0.435. The molecule has 1 nitrogen and oxygen atoms in total. The molecule has 0 radical (unpaired) electrons. The van der Waals surface area contributed by atoms with Gasteiger partial charge in [-0.3, -0.25) is 0 Å². The van der Waals surface area contributed by atoms with Gasteiger partial charge in [0.2, 0.25) is 0 Å². The van der Waals surface area contributed by atoms with Gasteiger partial charge in [0.05, 0.1) is 0 Å². The summed E-state index contributed by atoms with van der Waals surface area (Å²) in [5, 5.41) is 0. The summed E-state index contributed by atoms with van der Waals surface area (Å²) in [5.74, 6) is 1.45. The third-order valence-electron chi connectivity index (χ3n) is 3.45. The van der Waals surface area contributed by atoms with E-state index >= 15 is 0 Å². The van der Waals surface area contributed by atoms with E-state index < -0.39 is 0 Å². The fraction of sp³-hybridized carbons (Fsp3) is 0.455. The Labute approximate surface area is 72.6 Å². The van der Waals surface area contributed by atoms with Crippen molar-refractivity contribution in [3.05, 3.63) is 35.4 Å². The summed E-state index contributed by atoms with van der Waals surface area (Å²) in [4.78, 5) is 0. The highest BCUT2D eigenvalue weighted by molar-refractivity contribution is 5.42. The summed E-state index contributed by atoms with van der Waals surface area (Å²) in [5.41, 5.74) is 9.14. The van der Waals surface area contributed by atoms with Crippen LogP contribution in [0.3, 0.4) is 0 Å². The van der Waals surface area contributed by atoms with Gasteiger partial charge >= 0.3 is 0 Å². The largest absolute Gasteiger partial charge is 0.327 e. The zero-order valence-corrected chi connectivity index (χ0v) is 7.03. The molecule has 0 aliphatic heterocycles. The molecule has 2 bridgehead atoms. The van der Waals surface area contributed by atoms with Gasteiger partial charge in [0.25, 0.3) is 0 Å². The molecule has 0 aromatic heterocycles. The summed E-state index contributed by atoms with van der Waals surface area (Å²) >= 11 is 0. The normalized spacial score (nSPS) is 36.9. The van der Waals surface area contributed by atoms with E-state index in [-0.39, 0.29) is 0 Å². The van der Waals surface area contributed by atoms with Crippen molar-refractivity contribution in [3.8, 4) is 0 Å². The Morgan fingerprint density at radius 3 is 2.67 bits per heavy atom. The van der Waals surface area contributed by atoms with Crippen LogP contribution in [0.2, 0.25) is 0 Å². The average molecular weight is 159 g/mol. The first-order valence-electron chi connectivity index (χ1n) is 4.70. The molecular formula is C11H13N. The molecule has 0 saturated heterocycles. The van der Waals surface area contributed by atoms with Crippen LogP contribution in [0.25, 0.3) is 0 Å². The van der Waals surface area contributed by atoms with Crippen molar-refractivity contribution in [3.63, 3.8) is 0 Å². The van der Waals surface area contributed by atoms with Crippen molar-refractivity contribution in [2.45, 2.75) is 30.7 Å². The highest BCUT2D eigenvalue weighted by Gasteiger charge is 2.41. The van der Waals surface area contributed by atoms with Crippen molar-refractivity contribution in [2.75, 3.05) is 0 Å². The average Bonchev–Trinajstić information content (AvgIpc) is 2.62. The first-order valence-corrected chi connectivity index (χ1v) is 4.70. The molecule has 0 spiro atoms. The van der Waals surface area contributed by atoms with Crippen LogP contribution in [0.5, 0.6) is 0 Å². The predicted octanol–water partition coefficient (Wildman–Crippen LogP) is 1.99. The molecule has 12 heavy (non-hydrogen) atoms. The van der Waals surface area contributed by atoms with Gasteiger partial charge < -0.3 is 5.73 Å². The van der Waals surface area contributed by atoms with E-state index in [1.165, 1.54) is 18.4 Å². The van der Waals surface area contributed by atoms with Crippen molar-refractivity contribution >= 4 is 0 Å². The molecule has 2 aliphatic carbocycles. The quantitative estimate of drug-likeness (QED) is 0.615. The van der Waals surface area contributed by atoms with Gasteiger partial charge in [-0.15, -0.1) is 0 Å². The van der Waals surface area contributed by atoms with Gasteiger partial charge in [-0.25, -0.2) is 0 Å². The highest BCUT2D eigenvalue weighted by atomic mass is 14.7. The number of rotatable bonds is 0. The molecule has 3 atom stereocenters. The Balaban J connectivity index is 2.17. The Morgan fingerprint density at radius 1 is 1.08 bits per heavy atom. The number of nitrogens with two attached hydrogens (primary N) is 1. The van der Waals surface area contributed by atoms with Crippen molar-refractivity contribution in [1.82, 2.24) is 0 Å². The molecule has 62 valence electrons. The summed E-state index contributed by atoms with van der Waals surface area (Å²) in [6.07, 6.45) is 2.52. The molecule has 1 aromatic carbocycles. The molecule has 2 N–H and O–H groups in total. The zero-order valence-electron chi connectivity index (χ0n) is 7.03. The highest BCUT2D eigenvalue weighted by Crippen LogP contribution is 2.51. The lowest BCUT2D eigenvalue weighted by molar-refractivity contribution is 0.595. The molecule has 0 heterocycles. The van der Waals surface area contributed by atoms with Crippen LogP contribution in [0.1, 0.15) is 35.8 Å². The maximum Gasteiger partial charge on any atom is 0.0114 e. The van der Waals surface area contributed by atoms with E-state index in [2.05, 4.69) is 24.3 Å². The molecular weight excluding hydrogens is 146 g/mol. The summed E-state index contributed by atoms with van der Waals surface area (Å²) < 4.78 is 0. The van der Waals surface area contributed by atoms with Crippen LogP contribution in [0.15, 0.2) is 24.3 Å². The fourth-order valence-electron chi connectivity index (χ4n) is 2.90. The van der Waals surface area contributed by atoms with Crippen LogP contribution in [-0.4, -0.2) is 6.04 Å². The minimum Gasteiger partial charge on any atom is -0.327 e. The second-order valence-corrected chi connectivity index (χ2v) is 4.07. The Bertz CT molecular complexity index is 319. The molecule has 0 amide bonds. The Hall–Kier alpha value is -0.820. The van der Waals surface area contributed by atoms with Crippen LogP contribution < -0.4 is 5.73 Å². The third kappa shape index (κ3) is 0.674. The van der Waals surface area contributed by atoms with Gasteiger partial charge in [-0.05, 0) is 35.8 Å². The van der Waals surface area contributed by atoms with Crippen molar-refractivity contribution in [2.24, 2.45) is 5.73 Å². The standard InChI is InChI=1S/C11H13N/c12-11-6-7-5-10(11)9-4-2-1-3-8(7)9/h1-4,7,10-11H,5-6,12H2/t7-,10-,11+/m1/s1. The first-order chi connectivity index (χ1) is 5.86. The zero-order chi connectivity index (χ0) is 8.13. The van der Waals surface area contributed by atoms with E-state index in [1.54, 1.807) is 5.56 Å².